The van der Waals surface area contributed by atoms with E-state index in [0.29, 0.717) is 42.3 Å². The van der Waals surface area contributed by atoms with Gasteiger partial charge < -0.3 is 24.2 Å². The van der Waals surface area contributed by atoms with Crippen LogP contribution < -0.4 is 14.2 Å². The van der Waals surface area contributed by atoms with Crippen molar-refractivity contribution >= 4 is 17.4 Å². The largest absolute Gasteiger partial charge is 0.507 e. The second kappa shape index (κ2) is 11.8. The topological polar surface area (TPSA) is 98.2 Å². The Bertz CT molecular complexity index is 1430. The van der Waals surface area contributed by atoms with Gasteiger partial charge in [0.1, 0.15) is 17.6 Å². The quantitative estimate of drug-likeness (QED) is 0.154. The summed E-state index contributed by atoms with van der Waals surface area (Å²) in [5.74, 6) is 0.251. The van der Waals surface area contributed by atoms with E-state index in [0.717, 1.165) is 29.7 Å². The fourth-order valence-electron chi connectivity index (χ4n) is 5.21. The number of rotatable bonds is 10. The van der Waals surface area contributed by atoms with Crippen molar-refractivity contribution < 1.29 is 28.9 Å². The van der Waals surface area contributed by atoms with Crippen LogP contribution in [0.4, 0.5) is 0 Å². The van der Waals surface area contributed by atoms with Crippen LogP contribution in [0.25, 0.3) is 5.76 Å². The molecule has 2 aromatic carbocycles. The zero-order chi connectivity index (χ0) is 28.2. The molecule has 0 spiro atoms. The van der Waals surface area contributed by atoms with Crippen LogP contribution in [-0.4, -0.2) is 46.0 Å². The average Bonchev–Trinajstić information content (AvgIpc) is 3.45. The fraction of sp³-hybridized carbons (Fsp3) is 0.344. The van der Waals surface area contributed by atoms with Gasteiger partial charge >= 0.3 is 0 Å². The van der Waals surface area contributed by atoms with E-state index in [9.17, 15) is 14.7 Å². The van der Waals surface area contributed by atoms with Crippen LogP contribution in [0.2, 0.25) is 0 Å². The summed E-state index contributed by atoms with van der Waals surface area (Å²) in [6, 6.07) is 13.5. The summed E-state index contributed by atoms with van der Waals surface area (Å²) < 4.78 is 17.7. The van der Waals surface area contributed by atoms with Crippen molar-refractivity contribution in [2.75, 3.05) is 13.2 Å². The van der Waals surface area contributed by atoms with Crippen LogP contribution in [0.5, 0.6) is 17.2 Å². The number of ether oxygens (including phenoxy) is 3. The summed E-state index contributed by atoms with van der Waals surface area (Å²) in [7, 11) is 0. The zero-order valence-corrected chi connectivity index (χ0v) is 23.1. The lowest BCUT2D eigenvalue weighted by atomic mass is 9.94. The van der Waals surface area contributed by atoms with E-state index in [1.54, 1.807) is 48.8 Å². The summed E-state index contributed by atoms with van der Waals surface area (Å²) in [4.78, 5) is 32.6. The molecule has 3 aromatic rings. The number of unbranched alkanes of at least 4 members (excludes halogenated alkanes) is 1. The van der Waals surface area contributed by atoms with Crippen molar-refractivity contribution in [3.8, 4) is 17.2 Å². The van der Waals surface area contributed by atoms with Crippen molar-refractivity contribution in [1.82, 2.24) is 9.88 Å². The molecular formula is C32H34N2O6. The first-order valence-electron chi connectivity index (χ1n) is 13.8. The third kappa shape index (κ3) is 5.39. The average molecular weight is 543 g/mol. The van der Waals surface area contributed by atoms with Crippen LogP contribution in [0.15, 0.2) is 66.5 Å². The van der Waals surface area contributed by atoms with Gasteiger partial charge in [-0.05, 0) is 79.4 Å². The Morgan fingerprint density at radius 1 is 1.05 bits per heavy atom. The van der Waals surface area contributed by atoms with E-state index in [2.05, 4.69) is 11.9 Å². The normalized spacial score (nSPS) is 19.4. The fourth-order valence-corrected chi connectivity index (χ4v) is 5.21. The van der Waals surface area contributed by atoms with Gasteiger partial charge in [-0.3, -0.25) is 14.6 Å². The van der Waals surface area contributed by atoms with Gasteiger partial charge in [-0.2, -0.15) is 0 Å². The number of hydrogen-bond donors (Lipinski definition) is 1. The molecule has 1 aromatic heterocycles. The van der Waals surface area contributed by atoms with Gasteiger partial charge in [0.25, 0.3) is 11.7 Å². The number of likely N-dealkylation sites (tertiary alicyclic amines) is 1. The molecule has 8 nitrogen and oxygen atoms in total. The molecule has 8 heteroatoms. The molecule has 208 valence electrons. The summed E-state index contributed by atoms with van der Waals surface area (Å²) in [6.07, 6.45) is 5.93. The maximum Gasteiger partial charge on any atom is 0.295 e. The lowest BCUT2D eigenvalue weighted by molar-refractivity contribution is -0.140. The number of benzene rings is 2. The van der Waals surface area contributed by atoms with Gasteiger partial charge in [-0.1, -0.05) is 19.4 Å². The number of carbonyl (C=O) groups excluding carboxylic acids is 2. The Morgan fingerprint density at radius 2 is 1.85 bits per heavy atom. The molecule has 1 fully saturated rings. The Kier molecular flexibility index (Phi) is 8.05. The molecule has 5 rings (SSSR count). The minimum absolute atomic E-state index is 0.0352. The van der Waals surface area contributed by atoms with E-state index in [4.69, 9.17) is 14.2 Å². The summed E-state index contributed by atoms with van der Waals surface area (Å²) in [5.41, 5.74) is 2.90. The first kappa shape index (κ1) is 27.2. The predicted octanol–water partition coefficient (Wildman–Crippen LogP) is 5.60. The molecule has 2 aliphatic rings. The number of ketones is 1. The molecule has 40 heavy (non-hydrogen) atoms. The second-order valence-corrected chi connectivity index (χ2v) is 10.1. The second-order valence-electron chi connectivity index (χ2n) is 10.1. The summed E-state index contributed by atoms with van der Waals surface area (Å²) in [6.45, 7) is 7.10. The highest BCUT2D eigenvalue weighted by atomic mass is 16.5. The maximum atomic E-state index is 13.5. The van der Waals surface area contributed by atoms with E-state index in [1.165, 1.54) is 4.90 Å². The van der Waals surface area contributed by atoms with Crippen molar-refractivity contribution in [2.45, 2.75) is 58.7 Å². The Balaban J connectivity index is 1.61. The molecule has 1 saturated heterocycles. The van der Waals surface area contributed by atoms with Gasteiger partial charge in [0.2, 0.25) is 0 Å². The smallest absolute Gasteiger partial charge is 0.295 e. The minimum Gasteiger partial charge on any atom is -0.507 e. The van der Waals surface area contributed by atoms with E-state index in [1.807, 2.05) is 26.0 Å². The van der Waals surface area contributed by atoms with Crippen molar-refractivity contribution in [3.63, 3.8) is 0 Å². The third-order valence-corrected chi connectivity index (χ3v) is 7.15. The highest BCUT2D eigenvalue weighted by Gasteiger charge is 2.46. The first-order valence-corrected chi connectivity index (χ1v) is 13.8. The summed E-state index contributed by atoms with van der Waals surface area (Å²) >= 11 is 0. The number of aliphatic hydroxyl groups excluding tert-OH is 1. The Labute approximate surface area is 234 Å². The molecule has 0 aliphatic carbocycles. The molecule has 0 radical (unpaired) electrons. The van der Waals surface area contributed by atoms with Crippen LogP contribution in [0, 0.1) is 0 Å². The summed E-state index contributed by atoms with van der Waals surface area (Å²) in [5, 5.41) is 11.6. The first-order chi connectivity index (χ1) is 19.4. The van der Waals surface area contributed by atoms with E-state index < -0.39 is 17.7 Å². The Morgan fingerprint density at radius 3 is 2.60 bits per heavy atom. The van der Waals surface area contributed by atoms with Crippen molar-refractivity contribution in [3.05, 3.63) is 88.8 Å². The van der Waals surface area contributed by atoms with Crippen molar-refractivity contribution in [1.29, 1.82) is 0 Å². The Hall–Kier alpha value is -4.33. The monoisotopic (exact) mass is 542 g/mol. The SMILES string of the molecule is CCCCOc1ccc(C2/C(=C(\O)c3ccc4c(c3)CC(C)O4)C(=O)C(=O)N2Cc2ccncc2)cc1OCC. The minimum atomic E-state index is -0.833. The number of nitrogens with zero attached hydrogens (tertiary/aromatic N) is 2. The number of fused-ring (bicyclic) bond motifs is 1. The van der Waals surface area contributed by atoms with Gasteiger partial charge in [0.05, 0.1) is 24.8 Å². The molecule has 3 heterocycles. The van der Waals surface area contributed by atoms with Crippen LogP contribution in [0.1, 0.15) is 61.9 Å². The van der Waals surface area contributed by atoms with E-state index >= 15 is 0 Å². The molecule has 0 saturated carbocycles. The molecule has 1 amide bonds. The number of pyridine rings is 1. The third-order valence-electron chi connectivity index (χ3n) is 7.15. The maximum absolute atomic E-state index is 13.5. The number of hydrogen-bond acceptors (Lipinski definition) is 7. The van der Waals surface area contributed by atoms with Gasteiger partial charge in [0, 0.05) is 30.9 Å². The van der Waals surface area contributed by atoms with E-state index in [-0.39, 0.29) is 24.0 Å². The molecular weight excluding hydrogens is 508 g/mol. The lowest BCUT2D eigenvalue weighted by Crippen LogP contribution is -2.29. The van der Waals surface area contributed by atoms with Gasteiger partial charge in [-0.25, -0.2) is 0 Å². The van der Waals surface area contributed by atoms with Crippen LogP contribution in [-0.2, 0) is 22.6 Å². The molecule has 0 bridgehead atoms. The lowest BCUT2D eigenvalue weighted by Gasteiger charge is -2.26. The van der Waals surface area contributed by atoms with Crippen molar-refractivity contribution in [2.24, 2.45) is 0 Å². The number of aliphatic hydroxyl groups is 1. The predicted molar refractivity (Wildman–Crippen MR) is 150 cm³/mol. The number of carbonyl (C=O) groups is 2. The molecule has 1 N–H and O–H groups in total. The molecule has 2 atom stereocenters. The van der Waals surface area contributed by atoms with Gasteiger partial charge in [0.15, 0.2) is 11.5 Å². The van der Waals surface area contributed by atoms with Crippen LogP contribution >= 0.6 is 0 Å². The number of aromatic nitrogens is 1. The highest BCUT2D eigenvalue weighted by Crippen LogP contribution is 2.43. The molecule has 2 unspecified atom stereocenters. The number of Topliss-reactive ketones (excluding diaryl/α,β-unsaturated/α-hetero) is 1. The van der Waals surface area contributed by atoms with Crippen LogP contribution in [0.3, 0.4) is 0 Å². The standard InChI is InChI=1S/C32H34N2O6/c1-4-6-15-39-26-10-7-22(18-27(26)38-5-2)29-28(30(35)23-8-9-25-24(17-23)16-20(3)40-25)31(36)32(37)34(29)19-21-11-13-33-14-12-21/h7-14,17-18,20,29,35H,4-6,15-16,19H2,1-3H3/b30-28+. The number of amides is 1. The highest BCUT2D eigenvalue weighted by molar-refractivity contribution is 6.46. The molecule has 2 aliphatic heterocycles. The van der Waals surface area contributed by atoms with Gasteiger partial charge in [-0.15, -0.1) is 0 Å². The zero-order valence-electron chi connectivity index (χ0n) is 23.1.